The monoisotopic (exact) mass is 488 g/mol. The first-order valence-corrected chi connectivity index (χ1v) is 13.4. The van der Waals surface area contributed by atoms with Crippen molar-refractivity contribution in [2.45, 2.75) is 142 Å². The first kappa shape index (κ1) is 30.7. The van der Waals surface area contributed by atoms with Crippen LogP contribution in [-0.2, 0) is 19.1 Å². The van der Waals surface area contributed by atoms with Crippen LogP contribution < -0.4 is 0 Å². The van der Waals surface area contributed by atoms with Gasteiger partial charge in [0.2, 0.25) is 5.78 Å². The van der Waals surface area contributed by atoms with Gasteiger partial charge in [0.05, 0.1) is 12.2 Å². The maximum absolute atomic E-state index is 14.2. The Balaban J connectivity index is 2.30. The Labute approximate surface area is 204 Å². The highest BCUT2D eigenvalue weighted by molar-refractivity contribution is 5.86. The number of esters is 1. The second-order valence-corrected chi connectivity index (χ2v) is 10.2. The Kier molecular flexibility index (Phi) is 14.7. The Hall–Kier alpha value is -1.37. The average molecular weight is 489 g/mol. The number of rotatable bonds is 19. The summed E-state index contributed by atoms with van der Waals surface area (Å²) < 4.78 is 33.4. The molecule has 0 heterocycles. The van der Waals surface area contributed by atoms with Crippen LogP contribution in [0.25, 0.3) is 0 Å². The van der Waals surface area contributed by atoms with E-state index in [0.717, 1.165) is 51.4 Å². The number of carbonyl (C=O) groups is 3. The molecule has 0 aromatic rings. The number of carbonyl (C=O) groups excluding carboxylic acids is 3. The molecule has 1 aliphatic rings. The Morgan fingerprint density at radius 2 is 1.59 bits per heavy atom. The summed E-state index contributed by atoms with van der Waals surface area (Å²) >= 11 is 0. The van der Waals surface area contributed by atoms with E-state index in [1.165, 1.54) is 0 Å². The Bertz CT molecular complexity index is 620. The lowest BCUT2D eigenvalue weighted by atomic mass is 9.85. The zero-order valence-electron chi connectivity index (χ0n) is 21.5. The van der Waals surface area contributed by atoms with Crippen LogP contribution in [0.5, 0.6) is 0 Å². The molecule has 0 radical (unpaired) electrons. The van der Waals surface area contributed by atoms with Gasteiger partial charge in [-0.2, -0.15) is 8.78 Å². The summed E-state index contributed by atoms with van der Waals surface area (Å²) in [5.74, 6) is -5.30. The van der Waals surface area contributed by atoms with Crippen molar-refractivity contribution in [3.8, 4) is 0 Å². The van der Waals surface area contributed by atoms with Crippen LogP contribution in [-0.4, -0.2) is 40.8 Å². The predicted molar refractivity (Wildman–Crippen MR) is 129 cm³/mol. The molecule has 34 heavy (non-hydrogen) atoms. The van der Waals surface area contributed by atoms with Gasteiger partial charge < -0.3 is 9.84 Å². The second-order valence-electron chi connectivity index (χ2n) is 10.2. The van der Waals surface area contributed by atoms with Crippen LogP contribution in [0.4, 0.5) is 8.78 Å². The molecular formula is C27H46F2O5. The summed E-state index contributed by atoms with van der Waals surface area (Å²) in [5.41, 5.74) is 0. The molecule has 1 rings (SSSR count). The van der Waals surface area contributed by atoms with Crippen molar-refractivity contribution in [3.05, 3.63) is 0 Å². The first-order chi connectivity index (χ1) is 16.1. The lowest BCUT2D eigenvalue weighted by Crippen LogP contribution is -2.30. The van der Waals surface area contributed by atoms with Crippen LogP contribution >= 0.6 is 0 Å². The largest absolute Gasteiger partial charge is 0.463 e. The van der Waals surface area contributed by atoms with Crippen LogP contribution in [0.1, 0.15) is 124 Å². The molecule has 198 valence electrons. The van der Waals surface area contributed by atoms with Gasteiger partial charge in [-0.3, -0.25) is 14.4 Å². The molecule has 1 saturated carbocycles. The third-order valence-corrected chi connectivity index (χ3v) is 6.81. The Morgan fingerprint density at radius 3 is 2.24 bits per heavy atom. The number of halogens is 2. The lowest BCUT2D eigenvalue weighted by Gasteiger charge is -2.22. The number of aliphatic hydroxyl groups is 1. The number of ketones is 2. The van der Waals surface area contributed by atoms with Crippen molar-refractivity contribution in [1.82, 2.24) is 0 Å². The minimum atomic E-state index is -3.32. The molecule has 0 aromatic carbocycles. The SMILES string of the molecule is CCCCCCC(F)(F)C(=O)CC[C@H]1C(O)CC(=O)C1CCCCCCCCC(=O)OC(C)C. The quantitative estimate of drug-likeness (QED) is 0.164. The summed E-state index contributed by atoms with van der Waals surface area (Å²) in [6, 6.07) is 0. The number of hydrogen-bond acceptors (Lipinski definition) is 5. The van der Waals surface area contributed by atoms with E-state index in [2.05, 4.69) is 0 Å². The average Bonchev–Trinajstić information content (AvgIpc) is 3.02. The fraction of sp³-hybridized carbons (Fsp3) is 0.889. The molecule has 0 spiro atoms. The molecule has 0 aromatic heterocycles. The third-order valence-electron chi connectivity index (χ3n) is 6.81. The molecule has 0 aliphatic heterocycles. The first-order valence-electron chi connectivity index (χ1n) is 13.4. The van der Waals surface area contributed by atoms with Gasteiger partial charge in [0.1, 0.15) is 5.78 Å². The molecule has 1 fully saturated rings. The fourth-order valence-corrected chi connectivity index (χ4v) is 4.84. The number of ether oxygens (including phenoxy) is 1. The number of Topliss-reactive ketones (excluding diaryl/α,β-unsaturated/α-hetero) is 2. The van der Waals surface area contributed by atoms with Gasteiger partial charge in [0.25, 0.3) is 0 Å². The minimum absolute atomic E-state index is 0.0139. The molecular weight excluding hydrogens is 442 g/mol. The number of hydrogen-bond donors (Lipinski definition) is 1. The smallest absolute Gasteiger partial charge is 0.306 e. The highest BCUT2D eigenvalue weighted by Crippen LogP contribution is 2.37. The van der Waals surface area contributed by atoms with E-state index in [1.54, 1.807) is 0 Å². The second kappa shape index (κ2) is 16.3. The summed E-state index contributed by atoms with van der Waals surface area (Å²) in [6.45, 7) is 5.67. The van der Waals surface area contributed by atoms with E-state index in [4.69, 9.17) is 4.74 Å². The zero-order chi connectivity index (χ0) is 25.6. The summed E-state index contributed by atoms with van der Waals surface area (Å²) in [7, 11) is 0. The third kappa shape index (κ3) is 11.9. The zero-order valence-corrected chi connectivity index (χ0v) is 21.5. The number of alkyl halides is 2. The summed E-state index contributed by atoms with van der Waals surface area (Å²) in [6.07, 6.45) is 8.03. The normalized spacial score (nSPS) is 20.8. The van der Waals surface area contributed by atoms with Gasteiger partial charge in [-0.15, -0.1) is 0 Å². The summed E-state index contributed by atoms with van der Waals surface area (Å²) in [4.78, 5) is 36.0. The van der Waals surface area contributed by atoms with Gasteiger partial charge in [-0.25, -0.2) is 0 Å². The Morgan fingerprint density at radius 1 is 0.971 bits per heavy atom. The maximum atomic E-state index is 14.2. The molecule has 0 amide bonds. The maximum Gasteiger partial charge on any atom is 0.306 e. The molecule has 3 atom stereocenters. The molecule has 2 unspecified atom stereocenters. The van der Waals surface area contributed by atoms with Crippen molar-refractivity contribution in [1.29, 1.82) is 0 Å². The van der Waals surface area contributed by atoms with E-state index in [9.17, 15) is 28.3 Å². The molecule has 1 N–H and O–H groups in total. The van der Waals surface area contributed by atoms with Gasteiger partial charge in [-0.1, -0.05) is 58.3 Å². The van der Waals surface area contributed by atoms with E-state index in [-0.39, 0.29) is 43.0 Å². The van der Waals surface area contributed by atoms with Crippen molar-refractivity contribution in [3.63, 3.8) is 0 Å². The highest BCUT2D eigenvalue weighted by atomic mass is 19.3. The number of unbranched alkanes of at least 4 members (excludes halogenated alkanes) is 8. The minimum Gasteiger partial charge on any atom is -0.463 e. The topological polar surface area (TPSA) is 80.7 Å². The molecule has 5 nitrogen and oxygen atoms in total. The van der Waals surface area contributed by atoms with Crippen LogP contribution in [0.2, 0.25) is 0 Å². The van der Waals surface area contributed by atoms with E-state index < -0.39 is 30.1 Å². The van der Waals surface area contributed by atoms with Crippen molar-refractivity contribution < 1.29 is 33.0 Å². The van der Waals surface area contributed by atoms with Crippen LogP contribution in [0.15, 0.2) is 0 Å². The van der Waals surface area contributed by atoms with Gasteiger partial charge in [-0.05, 0) is 45.4 Å². The standard InChI is InChI=1S/C27H46F2O5/c1-4-5-6-13-18-27(28,29)25(32)17-16-22-21(23(30)19-24(22)31)14-11-9-7-8-10-12-15-26(33)34-20(2)3/h20-22,24,31H,4-19H2,1-3H3/t21?,22-,24?/m1/s1. The van der Waals surface area contributed by atoms with E-state index >= 15 is 0 Å². The highest BCUT2D eigenvalue weighted by Gasteiger charge is 2.43. The van der Waals surface area contributed by atoms with Crippen molar-refractivity contribution in [2.24, 2.45) is 11.8 Å². The van der Waals surface area contributed by atoms with Crippen LogP contribution in [0.3, 0.4) is 0 Å². The molecule has 7 heteroatoms. The number of aliphatic hydroxyl groups excluding tert-OH is 1. The summed E-state index contributed by atoms with van der Waals surface area (Å²) in [5, 5.41) is 10.3. The van der Waals surface area contributed by atoms with E-state index in [0.29, 0.717) is 25.7 Å². The van der Waals surface area contributed by atoms with Crippen molar-refractivity contribution >= 4 is 17.5 Å². The fourth-order valence-electron chi connectivity index (χ4n) is 4.84. The molecule has 0 bridgehead atoms. The van der Waals surface area contributed by atoms with E-state index in [1.807, 2.05) is 20.8 Å². The predicted octanol–water partition coefficient (Wildman–Crippen LogP) is 6.58. The van der Waals surface area contributed by atoms with Gasteiger partial charge in [0, 0.05) is 31.6 Å². The molecule has 0 saturated heterocycles. The van der Waals surface area contributed by atoms with Gasteiger partial charge >= 0.3 is 11.9 Å². The van der Waals surface area contributed by atoms with Crippen molar-refractivity contribution in [2.75, 3.05) is 0 Å². The lowest BCUT2D eigenvalue weighted by molar-refractivity contribution is -0.147. The van der Waals surface area contributed by atoms with Gasteiger partial charge in [0.15, 0.2) is 0 Å². The van der Waals surface area contributed by atoms with Crippen LogP contribution in [0, 0.1) is 11.8 Å². The molecule has 1 aliphatic carbocycles.